The first-order chi connectivity index (χ1) is 8.10. The lowest BCUT2D eigenvalue weighted by molar-refractivity contribution is -0.136. The van der Waals surface area contributed by atoms with E-state index >= 15 is 0 Å². The maximum Gasteiger partial charge on any atom is 0.228 e. The Bertz CT molecular complexity index is 294. The molecule has 0 bridgehead atoms. The van der Waals surface area contributed by atoms with E-state index in [4.69, 9.17) is 15.7 Å². The van der Waals surface area contributed by atoms with Crippen molar-refractivity contribution in [2.45, 2.75) is 32.8 Å². The highest BCUT2D eigenvalue weighted by atomic mass is 16.5. The van der Waals surface area contributed by atoms with E-state index in [9.17, 15) is 4.79 Å². The molecule has 0 aromatic carbocycles. The number of nitrogens with two attached hydrogens (primary N) is 1. The van der Waals surface area contributed by atoms with Gasteiger partial charge in [0.25, 0.3) is 0 Å². The van der Waals surface area contributed by atoms with E-state index in [1.165, 1.54) is 0 Å². The van der Waals surface area contributed by atoms with Crippen molar-refractivity contribution in [3.63, 3.8) is 0 Å². The first-order valence-corrected chi connectivity index (χ1v) is 5.97. The molecule has 0 aliphatic carbocycles. The maximum atomic E-state index is 12.3. The number of hydrogen-bond acceptors (Lipinski definition) is 4. The lowest BCUT2D eigenvalue weighted by Gasteiger charge is -2.25. The molecule has 1 aliphatic rings. The first kappa shape index (κ1) is 13.8. The third-order valence-electron chi connectivity index (χ3n) is 2.98. The number of oxime groups is 1. The Hall–Kier alpha value is -1.30. The second-order valence-electron chi connectivity index (χ2n) is 4.32. The summed E-state index contributed by atoms with van der Waals surface area (Å²) in [4.78, 5) is 13.9. The summed E-state index contributed by atoms with van der Waals surface area (Å²) in [7, 11) is 0. The minimum absolute atomic E-state index is 0.0310. The predicted molar refractivity (Wildman–Crippen MR) is 63.8 cm³/mol. The summed E-state index contributed by atoms with van der Waals surface area (Å²) in [6.45, 7) is 5.30. The molecule has 0 radical (unpaired) electrons. The van der Waals surface area contributed by atoms with Crippen LogP contribution in [-0.2, 0) is 9.53 Å². The maximum absolute atomic E-state index is 12.3. The van der Waals surface area contributed by atoms with Gasteiger partial charge in [-0.15, -0.1) is 0 Å². The van der Waals surface area contributed by atoms with E-state index in [0.29, 0.717) is 13.2 Å². The Balaban J connectivity index is 2.65. The summed E-state index contributed by atoms with van der Waals surface area (Å²) >= 11 is 0. The number of hydrogen-bond donors (Lipinski definition) is 2. The molecule has 1 heterocycles. The van der Waals surface area contributed by atoms with Gasteiger partial charge in [-0.2, -0.15) is 0 Å². The molecule has 1 amide bonds. The van der Waals surface area contributed by atoms with E-state index in [1.807, 2.05) is 13.8 Å². The quantitative estimate of drug-likeness (QED) is 0.316. The standard InChI is InChI=1S/C11H21N3O3/c1-3-5-14(7-10(12)13-16)11(15)9-4-6-17-8(9)2/h8-9,16H,3-7H2,1-2H3,(H2,12,13). The second kappa shape index (κ2) is 6.44. The molecule has 0 saturated carbocycles. The zero-order chi connectivity index (χ0) is 12.8. The van der Waals surface area contributed by atoms with E-state index in [0.717, 1.165) is 12.8 Å². The fourth-order valence-electron chi connectivity index (χ4n) is 2.05. The highest BCUT2D eigenvalue weighted by Crippen LogP contribution is 2.22. The number of amides is 1. The molecule has 1 fully saturated rings. The SMILES string of the molecule is CCCN(CC(N)=NO)C(=O)C1CCOC1C. The number of amidine groups is 1. The molecule has 3 N–H and O–H groups in total. The third kappa shape index (κ3) is 3.59. The Morgan fingerprint density at radius 2 is 2.35 bits per heavy atom. The van der Waals surface area contributed by atoms with Gasteiger partial charge in [0.05, 0.1) is 18.6 Å². The van der Waals surface area contributed by atoms with Crippen LogP contribution in [0, 0.1) is 5.92 Å². The van der Waals surface area contributed by atoms with Crippen molar-refractivity contribution in [3.05, 3.63) is 0 Å². The number of carbonyl (C=O) groups is 1. The number of carbonyl (C=O) groups excluding carboxylic acids is 1. The van der Waals surface area contributed by atoms with Crippen LogP contribution in [-0.4, -0.2) is 47.7 Å². The van der Waals surface area contributed by atoms with Crippen LogP contribution in [0.3, 0.4) is 0 Å². The van der Waals surface area contributed by atoms with Crippen LogP contribution >= 0.6 is 0 Å². The molecule has 2 unspecified atom stereocenters. The number of nitrogens with zero attached hydrogens (tertiary/aromatic N) is 2. The third-order valence-corrected chi connectivity index (χ3v) is 2.98. The van der Waals surface area contributed by atoms with Crippen LogP contribution in [0.25, 0.3) is 0 Å². The average Bonchev–Trinajstić information content (AvgIpc) is 2.73. The summed E-state index contributed by atoms with van der Waals surface area (Å²) in [6, 6.07) is 0. The molecule has 1 aliphatic heterocycles. The first-order valence-electron chi connectivity index (χ1n) is 5.97. The van der Waals surface area contributed by atoms with Gasteiger partial charge in [-0.1, -0.05) is 12.1 Å². The van der Waals surface area contributed by atoms with Gasteiger partial charge in [-0.05, 0) is 19.8 Å². The zero-order valence-corrected chi connectivity index (χ0v) is 10.4. The van der Waals surface area contributed by atoms with Crippen molar-refractivity contribution in [1.29, 1.82) is 0 Å². The van der Waals surface area contributed by atoms with E-state index in [2.05, 4.69) is 5.16 Å². The minimum atomic E-state index is -0.104. The van der Waals surface area contributed by atoms with E-state index < -0.39 is 0 Å². The normalized spacial score (nSPS) is 24.9. The van der Waals surface area contributed by atoms with Crippen molar-refractivity contribution >= 4 is 11.7 Å². The lowest BCUT2D eigenvalue weighted by atomic mass is 10.0. The van der Waals surface area contributed by atoms with Gasteiger partial charge < -0.3 is 20.6 Å². The van der Waals surface area contributed by atoms with Gasteiger partial charge in [0.2, 0.25) is 5.91 Å². The zero-order valence-electron chi connectivity index (χ0n) is 10.4. The topological polar surface area (TPSA) is 88.1 Å². The van der Waals surface area contributed by atoms with Gasteiger partial charge >= 0.3 is 0 Å². The van der Waals surface area contributed by atoms with Crippen molar-refractivity contribution < 1.29 is 14.7 Å². The summed E-state index contributed by atoms with van der Waals surface area (Å²) in [6.07, 6.45) is 1.54. The number of ether oxygens (including phenoxy) is 1. The molecule has 0 spiro atoms. The fourth-order valence-corrected chi connectivity index (χ4v) is 2.05. The number of rotatable bonds is 5. The van der Waals surface area contributed by atoms with Gasteiger partial charge in [-0.3, -0.25) is 4.79 Å². The summed E-state index contributed by atoms with van der Waals surface area (Å²) < 4.78 is 5.39. The molecule has 0 aromatic rings. The minimum Gasteiger partial charge on any atom is -0.409 e. The summed E-state index contributed by atoms with van der Waals surface area (Å²) in [5.41, 5.74) is 5.45. The molecule has 17 heavy (non-hydrogen) atoms. The Kier molecular flexibility index (Phi) is 5.21. The van der Waals surface area contributed by atoms with Gasteiger partial charge in [0.15, 0.2) is 5.84 Å². The Labute approximate surface area is 101 Å². The monoisotopic (exact) mass is 243 g/mol. The van der Waals surface area contributed by atoms with Crippen molar-refractivity contribution in [2.24, 2.45) is 16.8 Å². The molecular weight excluding hydrogens is 222 g/mol. The van der Waals surface area contributed by atoms with Crippen LogP contribution in [0.4, 0.5) is 0 Å². The molecule has 6 nitrogen and oxygen atoms in total. The fraction of sp³-hybridized carbons (Fsp3) is 0.818. The van der Waals surface area contributed by atoms with E-state index in [1.54, 1.807) is 4.90 Å². The molecule has 6 heteroatoms. The van der Waals surface area contributed by atoms with Crippen molar-refractivity contribution in [3.8, 4) is 0 Å². The van der Waals surface area contributed by atoms with Crippen LogP contribution in [0.1, 0.15) is 26.7 Å². The molecule has 2 atom stereocenters. The lowest BCUT2D eigenvalue weighted by Crippen LogP contribution is -2.43. The van der Waals surface area contributed by atoms with E-state index in [-0.39, 0.29) is 30.3 Å². The molecule has 98 valence electrons. The summed E-state index contributed by atoms with van der Waals surface area (Å²) in [5, 5.41) is 11.5. The highest BCUT2D eigenvalue weighted by Gasteiger charge is 2.33. The molecule has 0 aromatic heterocycles. The smallest absolute Gasteiger partial charge is 0.228 e. The van der Waals surface area contributed by atoms with Gasteiger partial charge in [0, 0.05) is 13.2 Å². The second-order valence-corrected chi connectivity index (χ2v) is 4.32. The Morgan fingerprint density at radius 1 is 1.65 bits per heavy atom. The van der Waals surface area contributed by atoms with Crippen LogP contribution < -0.4 is 5.73 Å². The van der Waals surface area contributed by atoms with Gasteiger partial charge in [0.1, 0.15) is 0 Å². The Morgan fingerprint density at radius 3 is 2.82 bits per heavy atom. The van der Waals surface area contributed by atoms with Crippen molar-refractivity contribution in [2.75, 3.05) is 19.7 Å². The van der Waals surface area contributed by atoms with Crippen LogP contribution in [0.5, 0.6) is 0 Å². The largest absolute Gasteiger partial charge is 0.409 e. The average molecular weight is 243 g/mol. The molecule has 1 rings (SSSR count). The van der Waals surface area contributed by atoms with Gasteiger partial charge in [-0.25, -0.2) is 0 Å². The molecular formula is C11H21N3O3. The van der Waals surface area contributed by atoms with Crippen LogP contribution in [0.15, 0.2) is 5.16 Å². The highest BCUT2D eigenvalue weighted by molar-refractivity contribution is 5.88. The molecule has 1 saturated heterocycles. The van der Waals surface area contributed by atoms with Crippen LogP contribution in [0.2, 0.25) is 0 Å². The summed E-state index contributed by atoms with van der Waals surface area (Å²) in [5.74, 6) is -0.0186. The van der Waals surface area contributed by atoms with Crippen molar-refractivity contribution in [1.82, 2.24) is 4.90 Å². The predicted octanol–water partition coefficient (Wildman–Crippen LogP) is 0.396.